The van der Waals surface area contributed by atoms with E-state index in [0.29, 0.717) is 10.0 Å². The third kappa shape index (κ3) is 3.49. The number of rotatable bonds is 5. The van der Waals surface area contributed by atoms with Gasteiger partial charge in [0, 0.05) is 28.1 Å². The summed E-state index contributed by atoms with van der Waals surface area (Å²) in [6.45, 7) is 7.22. The van der Waals surface area contributed by atoms with Crippen LogP contribution < -0.4 is 0 Å². The summed E-state index contributed by atoms with van der Waals surface area (Å²) < 4.78 is 2.16. The van der Waals surface area contributed by atoms with Gasteiger partial charge in [0.15, 0.2) is 11.0 Å². The summed E-state index contributed by atoms with van der Waals surface area (Å²) in [6.07, 6.45) is 0. The van der Waals surface area contributed by atoms with Crippen molar-refractivity contribution in [3.8, 4) is 11.4 Å². The highest BCUT2D eigenvalue weighted by molar-refractivity contribution is 7.98. The molecule has 0 saturated carbocycles. The van der Waals surface area contributed by atoms with E-state index in [9.17, 15) is 0 Å². The molecule has 0 unspecified atom stereocenters. The van der Waals surface area contributed by atoms with Crippen LogP contribution in [0.5, 0.6) is 0 Å². The van der Waals surface area contributed by atoms with E-state index in [1.807, 2.05) is 18.2 Å². The fraction of sp³-hybridized carbons (Fsp3) is 0.294. The fourth-order valence-electron chi connectivity index (χ4n) is 2.39. The average Bonchev–Trinajstić information content (AvgIpc) is 3.12. The Hall–Kier alpha value is -1.01. The number of aryl methyl sites for hydroxylation is 1. The van der Waals surface area contributed by atoms with Gasteiger partial charge in [-0.15, -0.1) is 21.5 Å². The Morgan fingerprint density at radius 2 is 1.96 bits per heavy atom. The van der Waals surface area contributed by atoms with E-state index in [1.54, 1.807) is 23.1 Å². The summed E-state index contributed by atoms with van der Waals surface area (Å²) in [6, 6.07) is 5.71. The van der Waals surface area contributed by atoms with Gasteiger partial charge in [-0.3, -0.25) is 0 Å². The third-order valence-electron chi connectivity index (χ3n) is 3.91. The van der Waals surface area contributed by atoms with Crippen molar-refractivity contribution in [2.24, 2.45) is 0 Å². The molecule has 0 bridgehead atoms. The molecule has 7 heteroatoms. The van der Waals surface area contributed by atoms with Crippen LogP contribution >= 0.6 is 46.3 Å². The molecule has 0 saturated heterocycles. The van der Waals surface area contributed by atoms with Crippen molar-refractivity contribution in [3.05, 3.63) is 49.6 Å². The molecule has 0 aliphatic carbocycles. The highest BCUT2D eigenvalue weighted by Gasteiger charge is 2.17. The predicted octanol–water partition coefficient (Wildman–Crippen LogP) is 6.24. The Morgan fingerprint density at radius 1 is 1.17 bits per heavy atom. The van der Waals surface area contributed by atoms with Crippen LogP contribution in [0.4, 0.5) is 0 Å². The fourth-order valence-corrected chi connectivity index (χ4v) is 4.52. The van der Waals surface area contributed by atoms with Crippen LogP contribution in [0.3, 0.4) is 0 Å². The predicted molar refractivity (Wildman–Crippen MR) is 105 cm³/mol. The third-order valence-corrected chi connectivity index (χ3v) is 6.70. The SMILES string of the molecule is CCn1c(SCc2ccc(Cl)c(Cl)c2)nnc1-c1csc(C)c1C. The molecule has 3 aromatic rings. The molecule has 3 rings (SSSR count). The summed E-state index contributed by atoms with van der Waals surface area (Å²) in [5, 5.41) is 13.1. The van der Waals surface area contributed by atoms with Crippen molar-refractivity contribution in [3.63, 3.8) is 0 Å². The molecule has 24 heavy (non-hydrogen) atoms. The maximum absolute atomic E-state index is 6.08. The summed E-state index contributed by atoms with van der Waals surface area (Å²) in [5.74, 6) is 1.72. The molecule has 126 valence electrons. The van der Waals surface area contributed by atoms with E-state index in [4.69, 9.17) is 23.2 Å². The topological polar surface area (TPSA) is 30.7 Å². The number of nitrogens with zero attached hydrogens (tertiary/aromatic N) is 3. The van der Waals surface area contributed by atoms with Gasteiger partial charge >= 0.3 is 0 Å². The molecule has 3 nitrogen and oxygen atoms in total. The van der Waals surface area contributed by atoms with Crippen molar-refractivity contribution in [2.45, 2.75) is 38.2 Å². The lowest BCUT2D eigenvalue weighted by atomic mass is 10.1. The minimum absolute atomic E-state index is 0.577. The lowest BCUT2D eigenvalue weighted by Gasteiger charge is -2.08. The maximum Gasteiger partial charge on any atom is 0.191 e. The van der Waals surface area contributed by atoms with Crippen molar-refractivity contribution in [1.82, 2.24) is 14.8 Å². The molecule has 1 aromatic carbocycles. The van der Waals surface area contributed by atoms with E-state index in [-0.39, 0.29) is 0 Å². The van der Waals surface area contributed by atoms with Crippen molar-refractivity contribution in [1.29, 1.82) is 0 Å². The number of hydrogen-bond acceptors (Lipinski definition) is 4. The zero-order valence-electron chi connectivity index (χ0n) is 13.6. The Morgan fingerprint density at radius 3 is 2.58 bits per heavy atom. The molecule has 0 fully saturated rings. The smallest absolute Gasteiger partial charge is 0.191 e. The molecule has 0 radical (unpaired) electrons. The number of benzene rings is 1. The molecule has 0 spiro atoms. The van der Waals surface area contributed by atoms with Crippen molar-refractivity contribution in [2.75, 3.05) is 0 Å². The summed E-state index contributed by atoms with van der Waals surface area (Å²) in [7, 11) is 0. The highest BCUT2D eigenvalue weighted by atomic mass is 35.5. The molecular weight excluding hydrogens is 381 g/mol. The first kappa shape index (κ1) is 17.8. The number of aromatic nitrogens is 3. The largest absolute Gasteiger partial charge is 0.302 e. The van der Waals surface area contributed by atoms with Crippen LogP contribution in [-0.2, 0) is 12.3 Å². The van der Waals surface area contributed by atoms with E-state index >= 15 is 0 Å². The first-order chi connectivity index (χ1) is 11.5. The number of thiophene rings is 1. The zero-order valence-corrected chi connectivity index (χ0v) is 16.8. The van der Waals surface area contributed by atoms with Gasteiger partial charge in [0.2, 0.25) is 0 Å². The number of thioether (sulfide) groups is 1. The van der Waals surface area contributed by atoms with Crippen molar-refractivity contribution < 1.29 is 0 Å². The van der Waals surface area contributed by atoms with Gasteiger partial charge in [-0.05, 0) is 44.0 Å². The first-order valence-electron chi connectivity index (χ1n) is 7.56. The molecule has 2 heterocycles. The van der Waals surface area contributed by atoms with Crippen LogP contribution in [-0.4, -0.2) is 14.8 Å². The average molecular weight is 398 g/mol. The molecule has 0 aliphatic heterocycles. The standard InChI is InChI=1S/C17H17Cl2N3S2/c1-4-22-16(13-9-23-11(3)10(13)2)20-21-17(22)24-8-12-5-6-14(18)15(19)7-12/h5-7,9H,4,8H2,1-3H3. The monoisotopic (exact) mass is 397 g/mol. The van der Waals surface area contributed by atoms with Crippen LogP contribution in [0.2, 0.25) is 10.0 Å². The zero-order chi connectivity index (χ0) is 17.3. The Kier molecular flexibility index (Phi) is 5.55. The van der Waals surface area contributed by atoms with Crippen LogP contribution in [0, 0.1) is 13.8 Å². The molecule has 0 amide bonds. The van der Waals surface area contributed by atoms with Gasteiger partial charge in [-0.2, -0.15) is 0 Å². The molecule has 0 aliphatic rings. The molecule has 0 atom stereocenters. The van der Waals surface area contributed by atoms with Gasteiger partial charge in [0.1, 0.15) is 0 Å². The van der Waals surface area contributed by atoms with E-state index in [0.717, 1.165) is 28.8 Å². The number of halogens is 2. The second kappa shape index (κ2) is 7.48. The summed E-state index contributed by atoms with van der Waals surface area (Å²) >= 11 is 15.5. The molecule has 2 aromatic heterocycles. The van der Waals surface area contributed by atoms with Crippen LogP contribution in [0.25, 0.3) is 11.4 Å². The normalized spacial score (nSPS) is 11.2. The Labute approximate surface area is 160 Å². The second-order valence-corrected chi connectivity index (χ2v) is 8.26. The van der Waals surface area contributed by atoms with Crippen LogP contribution in [0.1, 0.15) is 22.9 Å². The second-order valence-electron chi connectivity index (χ2n) is 5.42. The van der Waals surface area contributed by atoms with E-state index < -0.39 is 0 Å². The lowest BCUT2D eigenvalue weighted by Crippen LogP contribution is -2.00. The molecular formula is C17H17Cl2N3S2. The summed E-state index contributed by atoms with van der Waals surface area (Å²) in [4.78, 5) is 1.32. The van der Waals surface area contributed by atoms with Gasteiger partial charge in [-0.1, -0.05) is 41.0 Å². The van der Waals surface area contributed by atoms with Gasteiger partial charge in [0.05, 0.1) is 10.0 Å². The minimum atomic E-state index is 0.577. The minimum Gasteiger partial charge on any atom is -0.302 e. The lowest BCUT2D eigenvalue weighted by molar-refractivity contribution is 0.687. The Balaban J connectivity index is 1.84. The number of hydrogen-bond donors (Lipinski definition) is 0. The highest BCUT2D eigenvalue weighted by Crippen LogP contribution is 2.33. The first-order valence-corrected chi connectivity index (χ1v) is 10.2. The quantitative estimate of drug-likeness (QED) is 0.477. The van der Waals surface area contributed by atoms with E-state index in [1.165, 1.54) is 16.0 Å². The maximum atomic E-state index is 6.08. The van der Waals surface area contributed by atoms with Crippen LogP contribution in [0.15, 0.2) is 28.7 Å². The molecule has 0 N–H and O–H groups in total. The van der Waals surface area contributed by atoms with E-state index in [2.05, 4.69) is 40.9 Å². The van der Waals surface area contributed by atoms with Gasteiger partial charge < -0.3 is 4.57 Å². The summed E-state index contributed by atoms with van der Waals surface area (Å²) in [5.41, 5.74) is 3.57. The Bertz CT molecular complexity index is 871. The van der Waals surface area contributed by atoms with Gasteiger partial charge in [0.25, 0.3) is 0 Å². The van der Waals surface area contributed by atoms with Gasteiger partial charge in [-0.25, -0.2) is 0 Å². The van der Waals surface area contributed by atoms with Crippen molar-refractivity contribution >= 4 is 46.3 Å².